The van der Waals surface area contributed by atoms with E-state index in [4.69, 9.17) is 0 Å². The predicted octanol–water partition coefficient (Wildman–Crippen LogP) is 2.85. The molecule has 7 nitrogen and oxygen atoms in total. The van der Waals surface area contributed by atoms with Gasteiger partial charge in [-0.05, 0) is 44.6 Å². The number of nitro groups is 1. The molecule has 0 unspecified atom stereocenters. The summed E-state index contributed by atoms with van der Waals surface area (Å²) in [5.41, 5.74) is 0.260. The molecule has 2 amide bonds. The first-order valence-electron chi connectivity index (χ1n) is 8.94. The molecule has 7 heteroatoms. The molecular weight excluding hydrogens is 322 g/mol. The van der Waals surface area contributed by atoms with Gasteiger partial charge in [0.05, 0.1) is 4.92 Å². The summed E-state index contributed by atoms with van der Waals surface area (Å²) in [6, 6.07) is 4.08. The molecule has 134 valence electrons. The van der Waals surface area contributed by atoms with E-state index in [1.54, 1.807) is 9.80 Å². The van der Waals surface area contributed by atoms with Gasteiger partial charge in [-0.1, -0.05) is 0 Å². The maximum atomic E-state index is 12.7. The Morgan fingerprint density at radius 2 is 1.16 bits per heavy atom. The summed E-state index contributed by atoms with van der Waals surface area (Å²) < 4.78 is 0. The van der Waals surface area contributed by atoms with Gasteiger partial charge in [0, 0.05) is 49.4 Å². The first-order chi connectivity index (χ1) is 12.1. The number of nitrogens with zero attached hydrogens (tertiary/aromatic N) is 3. The molecule has 1 aromatic carbocycles. The van der Waals surface area contributed by atoms with E-state index in [1.165, 1.54) is 18.2 Å². The number of piperidine rings is 2. The Kier molecular flexibility index (Phi) is 5.31. The molecule has 1 aromatic rings. The summed E-state index contributed by atoms with van der Waals surface area (Å²) in [5, 5.41) is 11.3. The Labute approximate surface area is 146 Å². The molecule has 25 heavy (non-hydrogen) atoms. The smallest absolute Gasteiger partial charge is 0.271 e. The van der Waals surface area contributed by atoms with Crippen molar-refractivity contribution in [1.82, 2.24) is 9.80 Å². The molecule has 0 aromatic heterocycles. The highest BCUT2D eigenvalue weighted by Gasteiger charge is 2.25. The molecular formula is C18H23N3O4. The number of non-ortho nitro benzene ring substituents is 1. The lowest BCUT2D eigenvalue weighted by Crippen LogP contribution is -2.37. The van der Waals surface area contributed by atoms with Crippen LogP contribution in [0.15, 0.2) is 18.2 Å². The van der Waals surface area contributed by atoms with Gasteiger partial charge in [-0.3, -0.25) is 19.7 Å². The monoisotopic (exact) mass is 345 g/mol. The fourth-order valence-corrected chi connectivity index (χ4v) is 3.52. The van der Waals surface area contributed by atoms with Gasteiger partial charge in [0.15, 0.2) is 0 Å². The van der Waals surface area contributed by atoms with E-state index in [9.17, 15) is 19.7 Å². The molecule has 2 heterocycles. The lowest BCUT2D eigenvalue weighted by Gasteiger charge is -2.28. The van der Waals surface area contributed by atoms with Gasteiger partial charge in [-0.25, -0.2) is 0 Å². The summed E-state index contributed by atoms with van der Waals surface area (Å²) in [4.78, 5) is 39.6. The van der Waals surface area contributed by atoms with Crippen molar-refractivity contribution in [2.24, 2.45) is 0 Å². The maximum absolute atomic E-state index is 12.7. The van der Waals surface area contributed by atoms with Crippen LogP contribution < -0.4 is 0 Å². The molecule has 0 atom stereocenters. The minimum atomic E-state index is -0.542. The third-order valence-electron chi connectivity index (χ3n) is 4.91. The molecule has 2 aliphatic rings. The van der Waals surface area contributed by atoms with Crippen LogP contribution >= 0.6 is 0 Å². The Morgan fingerprint density at radius 1 is 0.760 bits per heavy atom. The highest BCUT2D eigenvalue weighted by atomic mass is 16.6. The Balaban J connectivity index is 1.89. The van der Waals surface area contributed by atoms with E-state index < -0.39 is 4.92 Å². The van der Waals surface area contributed by atoms with Crippen LogP contribution in [0, 0.1) is 10.1 Å². The van der Waals surface area contributed by atoms with Crippen LogP contribution in [0.2, 0.25) is 0 Å². The number of likely N-dealkylation sites (tertiary alicyclic amines) is 2. The number of nitro benzene ring substituents is 1. The quantitative estimate of drug-likeness (QED) is 0.623. The molecule has 2 fully saturated rings. The lowest BCUT2D eigenvalue weighted by atomic mass is 10.0. The maximum Gasteiger partial charge on any atom is 0.271 e. The van der Waals surface area contributed by atoms with Crippen LogP contribution in [-0.4, -0.2) is 52.7 Å². The number of hydrogen-bond donors (Lipinski definition) is 0. The van der Waals surface area contributed by atoms with Gasteiger partial charge in [-0.2, -0.15) is 0 Å². The summed E-state index contributed by atoms with van der Waals surface area (Å²) in [6.07, 6.45) is 5.97. The molecule has 3 rings (SSSR count). The van der Waals surface area contributed by atoms with Crippen molar-refractivity contribution in [2.45, 2.75) is 38.5 Å². The number of rotatable bonds is 3. The van der Waals surface area contributed by atoms with Gasteiger partial charge in [0.1, 0.15) is 0 Å². The van der Waals surface area contributed by atoms with Crippen LogP contribution in [0.5, 0.6) is 0 Å². The second-order valence-electron chi connectivity index (χ2n) is 6.73. The zero-order chi connectivity index (χ0) is 17.8. The van der Waals surface area contributed by atoms with E-state index >= 15 is 0 Å². The van der Waals surface area contributed by atoms with Crippen molar-refractivity contribution in [2.75, 3.05) is 26.2 Å². The van der Waals surface area contributed by atoms with E-state index in [0.717, 1.165) is 38.5 Å². The molecule has 2 saturated heterocycles. The summed E-state index contributed by atoms with van der Waals surface area (Å²) >= 11 is 0. The van der Waals surface area contributed by atoms with Gasteiger partial charge in [0.25, 0.3) is 17.5 Å². The van der Waals surface area contributed by atoms with Crippen molar-refractivity contribution in [3.05, 3.63) is 39.4 Å². The van der Waals surface area contributed by atoms with Crippen molar-refractivity contribution in [3.8, 4) is 0 Å². The van der Waals surface area contributed by atoms with E-state index in [0.29, 0.717) is 26.2 Å². The van der Waals surface area contributed by atoms with Gasteiger partial charge in [-0.15, -0.1) is 0 Å². The molecule has 0 saturated carbocycles. The normalized spacial score (nSPS) is 18.1. The van der Waals surface area contributed by atoms with E-state index in [-0.39, 0.29) is 28.6 Å². The average molecular weight is 345 g/mol. The van der Waals surface area contributed by atoms with E-state index in [1.807, 2.05) is 0 Å². The molecule has 0 N–H and O–H groups in total. The third kappa shape index (κ3) is 3.97. The van der Waals surface area contributed by atoms with Crippen LogP contribution in [0.1, 0.15) is 59.2 Å². The number of hydrogen-bond acceptors (Lipinski definition) is 4. The highest BCUT2D eigenvalue weighted by Crippen LogP contribution is 2.22. The fraction of sp³-hybridized carbons (Fsp3) is 0.556. The predicted molar refractivity (Wildman–Crippen MR) is 92.6 cm³/mol. The van der Waals surface area contributed by atoms with Gasteiger partial charge in [0.2, 0.25) is 0 Å². The van der Waals surface area contributed by atoms with Crippen molar-refractivity contribution >= 4 is 17.5 Å². The number of benzene rings is 1. The second-order valence-corrected chi connectivity index (χ2v) is 6.73. The summed E-state index contributed by atoms with van der Waals surface area (Å²) in [7, 11) is 0. The summed E-state index contributed by atoms with van der Waals surface area (Å²) in [6.45, 7) is 2.65. The number of carbonyl (C=O) groups excluding carboxylic acids is 2. The molecule has 2 aliphatic heterocycles. The average Bonchev–Trinajstić information content (AvgIpc) is 2.67. The standard InChI is InChI=1S/C18H23N3O4/c22-17(19-7-3-1-4-8-19)14-11-15(13-16(12-14)21(24)25)18(23)20-9-5-2-6-10-20/h11-13H,1-10H2. The lowest BCUT2D eigenvalue weighted by molar-refractivity contribution is -0.384. The number of carbonyl (C=O) groups is 2. The molecule has 0 bridgehead atoms. The minimum absolute atomic E-state index is 0.205. The number of amides is 2. The van der Waals surface area contributed by atoms with Crippen molar-refractivity contribution in [3.63, 3.8) is 0 Å². The topological polar surface area (TPSA) is 83.8 Å². The van der Waals surface area contributed by atoms with Gasteiger partial charge >= 0.3 is 0 Å². The van der Waals surface area contributed by atoms with Crippen LogP contribution in [-0.2, 0) is 0 Å². The molecule has 0 aliphatic carbocycles. The molecule has 0 radical (unpaired) electrons. The first-order valence-corrected chi connectivity index (χ1v) is 8.94. The van der Waals surface area contributed by atoms with Crippen molar-refractivity contribution in [1.29, 1.82) is 0 Å². The zero-order valence-electron chi connectivity index (χ0n) is 14.3. The zero-order valence-corrected chi connectivity index (χ0v) is 14.3. The minimum Gasteiger partial charge on any atom is -0.339 e. The largest absolute Gasteiger partial charge is 0.339 e. The third-order valence-corrected chi connectivity index (χ3v) is 4.91. The second kappa shape index (κ2) is 7.63. The van der Waals surface area contributed by atoms with Crippen LogP contribution in [0.25, 0.3) is 0 Å². The SMILES string of the molecule is O=C(c1cc(C(=O)N2CCCCC2)cc([N+](=O)[O-])c1)N1CCCCC1. The Morgan fingerprint density at radius 3 is 1.52 bits per heavy atom. The Hall–Kier alpha value is -2.44. The summed E-state index contributed by atoms with van der Waals surface area (Å²) in [5.74, 6) is -0.452. The van der Waals surface area contributed by atoms with E-state index in [2.05, 4.69) is 0 Å². The fourth-order valence-electron chi connectivity index (χ4n) is 3.52. The highest BCUT2D eigenvalue weighted by molar-refractivity contribution is 6.00. The Bertz CT molecular complexity index is 629. The van der Waals surface area contributed by atoms with Crippen LogP contribution in [0.3, 0.4) is 0 Å². The van der Waals surface area contributed by atoms with Gasteiger partial charge < -0.3 is 9.80 Å². The van der Waals surface area contributed by atoms with Crippen LogP contribution in [0.4, 0.5) is 5.69 Å². The first kappa shape index (κ1) is 17.4. The van der Waals surface area contributed by atoms with Crippen molar-refractivity contribution < 1.29 is 14.5 Å². The molecule has 0 spiro atoms.